The lowest BCUT2D eigenvalue weighted by Crippen LogP contribution is -2.12. The molecular formula is C12H13BrFNO3. The first kappa shape index (κ1) is 13.1. The molecule has 18 heavy (non-hydrogen) atoms. The van der Waals surface area contributed by atoms with Gasteiger partial charge in [0.05, 0.1) is 29.9 Å². The van der Waals surface area contributed by atoms with Gasteiger partial charge in [-0.05, 0) is 34.8 Å². The van der Waals surface area contributed by atoms with Crippen LogP contribution in [0.2, 0.25) is 0 Å². The van der Waals surface area contributed by atoms with Crippen molar-refractivity contribution in [1.29, 1.82) is 0 Å². The van der Waals surface area contributed by atoms with Crippen LogP contribution < -0.4 is 10.1 Å². The third kappa shape index (κ3) is 2.43. The summed E-state index contributed by atoms with van der Waals surface area (Å²) in [5.41, 5.74) is 0.613. The van der Waals surface area contributed by atoms with Crippen LogP contribution in [0.4, 0.5) is 10.1 Å². The SMILES string of the molecule is COC(=O)c1cc(F)c(Br)c(OC)c1NC1CC1. The number of halogens is 2. The summed E-state index contributed by atoms with van der Waals surface area (Å²) in [7, 11) is 2.69. The van der Waals surface area contributed by atoms with Crippen molar-refractivity contribution in [2.24, 2.45) is 0 Å². The molecule has 2 rings (SSSR count). The molecule has 98 valence electrons. The van der Waals surface area contributed by atoms with Gasteiger partial charge in [-0.2, -0.15) is 0 Å². The number of carbonyl (C=O) groups is 1. The molecule has 1 aliphatic rings. The number of esters is 1. The minimum absolute atomic E-state index is 0.141. The summed E-state index contributed by atoms with van der Waals surface area (Å²) in [6.45, 7) is 0. The highest BCUT2D eigenvalue weighted by Crippen LogP contribution is 2.40. The highest BCUT2D eigenvalue weighted by molar-refractivity contribution is 9.10. The summed E-state index contributed by atoms with van der Waals surface area (Å²) in [6.07, 6.45) is 2.05. The molecule has 4 nitrogen and oxygen atoms in total. The molecule has 1 aromatic carbocycles. The first-order valence-electron chi connectivity index (χ1n) is 5.49. The Bertz CT molecular complexity index is 489. The Labute approximate surface area is 113 Å². The predicted octanol–water partition coefficient (Wildman–Crippen LogP) is 2.96. The Hall–Kier alpha value is -1.30. The summed E-state index contributed by atoms with van der Waals surface area (Å²) in [4.78, 5) is 11.7. The van der Waals surface area contributed by atoms with Gasteiger partial charge in [0.1, 0.15) is 5.82 Å². The van der Waals surface area contributed by atoms with Crippen molar-refractivity contribution in [2.45, 2.75) is 18.9 Å². The Morgan fingerprint density at radius 1 is 1.50 bits per heavy atom. The van der Waals surface area contributed by atoms with Crippen molar-refractivity contribution in [2.75, 3.05) is 19.5 Å². The number of anilines is 1. The van der Waals surface area contributed by atoms with Crippen molar-refractivity contribution < 1.29 is 18.7 Å². The van der Waals surface area contributed by atoms with Crippen LogP contribution in [0, 0.1) is 5.82 Å². The minimum atomic E-state index is -0.595. The highest BCUT2D eigenvalue weighted by atomic mass is 79.9. The van der Waals surface area contributed by atoms with Crippen LogP contribution in [0.1, 0.15) is 23.2 Å². The molecule has 0 heterocycles. The summed E-state index contributed by atoms with van der Waals surface area (Å²) >= 11 is 3.11. The van der Waals surface area contributed by atoms with Gasteiger partial charge in [-0.3, -0.25) is 0 Å². The first-order valence-corrected chi connectivity index (χ1v) is 6.28. The molecule has 0 saturated heterocycles. The van der Waals surface area contributed by atoms with Crippen molar-refractivity contribution >= 4 is 27.6 Å². The molecule has 0 aliphatic heterocycles. The third-order valence-electron chi connectivity index (χ3n) is 2.71. The van der Waals surface area contributed by atoms with Crippen LogP contribution in [0.15, 0.2) is 10.5 Å². The van der Waals surface area contributed by atoms with E-state index in [-0.39, 0.29) is 15.8 Å². The van der Waals surface area contributed by atoms with Crippen LogP contribution in [0.3, 0.4) is 0 Å². The van der Waals surface area contributed by atoms with Crippen LogP contribution in [0.5, 0.6) is 5.75 Å². The number of nitrogens with one attached hydrogen (secondary N) is 1. The molecule has 0 amide bonds. The lowest BCUT2D eigenvalue weighted by molar-refractivity contribution is 0.0601. The van der Waals surface area contributed by atoms with E-state index in [0.717, 1.165) is 18.9 Å². The zero-order valence-electron chi connectivity index (χ0n) is 10.0. The fraction of sp³-hybridized carbons (Fsp3) is 0.417. The molecule has 1 aliphatic carbocycles. The van der Waals surface area contributed by atoms with Crippen molar-refractivity contribution in [1.82, 2.24) is 0 Å². The van der Waals surface area contributed by atoms with Gasteiger partial charge in [0, 0.05) is 6.04 Å². The molecule has 1 N–H and O–H groups in total. The molecule has 0 aromatic heterocycles. The molecular weight excluding hydrogens is 305 g/mol. The minimum Gasteiger partial charge on any atom is -0.493 e. The van der Waals surface area contributed by atoms with E-state index in [1.165, 1.54) is 14.2 Å². The lowest BCUT2D eigenvalue weighted by atomic mass is 10.1. The van der Waals surface area contributed by atoms with Crippen molar-refractivity contribution in [3.63, 3.8) is 0 Å². The van der Waals surface area contributed by atoms with Crippen LogP contribution in [-0.2, 0) is 4.74 Å². The summed E-state index contributed by atoms with van der Waals surface area (Å²) in [6, 6.07) is 1.45. The molecule has 0 spiro atoms. The van der Waals surface area contributed by atoms with E-state index >= 15 is 0 Å². The number of methoxy groups -OCH3 is 2. The van der Waals surface area contributed by atoms with E-state index in [9.17, 15) is 9.18 Å². The van der Waals surface area contributed by atoms with Gasteiger partial charge < -0.3 is 14.8 Å². The van der Waals surface area contributed by atoms with Gasteiger partial charge in [-0.1, -0.05) is 0 Å². The maximum Gasteiger partial charge on any atom is 0.340 e. The number of benzene rings is 1. The molecule has 0 unspecified atom stereocenters. The van der Waals surface area contributed by atoms with Crippen LogP contribution >= 0.6 is 15.9 Å². The Morgan fingerprint density at radius 2 is 2.17 bits per heavy atom. The monoisotopic (exact) mass is 317 g/mol. The molecule has 0 atom stereocenters. The molecule has 0 radical (unpaired) electrons. The fourth-order valence-electron chi connectivity index (χ4n) is 1.64. The zero-order valence-corrected chi connectivity index (χ0v) is 11.6. The van der Waals surface area contributed by atoms with Gasteiger partial charge in [0.25, 0.3) is 0 Å². The van der Waals surface area contributed by atoms with E-state index in [1.807, 2.05) is 0 Å². The quantitative estimate of drug-likeness (QED) is 0.867. The number of ether oxygens (including phenoxy) is 2. The summed E-state index contributed by atoms with van der Waals surface area (Å²) in [5.74, 6) is -0.876. The average Bonchev–Trinajstić information content (AvgIpc) is 3.17. The van der Waals surface area contributed by atoms with Gasteiger partial charge >= 0.3 is 5.97 Å². The van der Waals surface area contributed by atoms with Crippen molar-refractivity contribution in [3.05, 3.63) is 21.9 Å². The summed E-state index contributed by atoms with van der Waals surface area (Å²) in [5, 5.41) is 3.16. The van der Waals surface area contributed by atoms with Gasteiger partial charge in [0.2, 0.25) is 0 Å². The first-order chi connectivity index (χ1) is 8.58. The Balaban J connectivity index is 2.54. The molecule has 6 heteroatoms. The van der Waals surface area contributed by atoms with E-state index in [0.29, 0.717) is 11.7 Å². The number of carbonyl (C=O) groups excluding carboxylic acids is 1. The van der Waals surface area contributed by atoms with E-state index < -0.39 is 11.8 Å². The van der Waals surface area contributed by atoms with Gasteiger partial charge in [-0.15, -0.1) is 0 Å². The molecule has 1 saturated carbocycles. The largest absolute Gasteiger partial charge is 0.493 e. The number of rotatable bonds is 4. The Kier molecular flexibility index (Phi) is 3.75. The third-order valence-corrected chi connectivity index (χ3v) is 3.45. The highest BCUT2D eigenvalue weighted by Gasteiger charge is 2.28. The predicted molar refractivity (Wildman–Crippen MR) is 68.6 cm³/mol. The van der Waals surface area contributed by atoms with Crippen LogP contribution in [-0.4, -0.2) is 26.2 Å². The molecule has 1 fully saturated rings. The van der Waals surface area contributed by atoms with E-state index in [1.54, 1.807) is 0 Å². The van der Waals surface area contributed by atoms with Gasteiger partial charge in [0.15, 0.2) is 5.75 Å². The molecule has 1 aromatic rings. The number of hydrogen-bond donors (Lipinski definition) is 1. The second kappa shape index (κ2) is 5.14. The smallest absolute Gasteiger partial charge is 0.340 e. The van der Waals surface area contributed by atoms with Crippen LogP contribution in [0.25, 0.3) is 0 Å². The zero-order chi connectivity index (χ0) is 13.3. The maximum atomic E-state index is 13.7. The van der Waals surface area contributed by atoms with E-state index in [2.05, 4.69) is 26.0 Å². The molecule has 0 bridgehead atoms. The topological polar surface area (TPSA) is 47.6 Å². The number of hydrogen-bond acceptors (Lipinski definition) is 4. The van der Waals surface area contributed by atoms with Gasteiger partial charge in [-0.25, -0.2) is 9.18 Å². The standard InChI is InChI=1S/C12H13BrFNO3/c1-17-11-9(13)8(14)5-7(12(16)18-2)10(11)15-6-3-4-6/h5-6,15H,3-4H2,1-2H3. The van der Waals surface area contributed by atoms with Crippen molar-refractivity contribution in [3.8, 4) is 5.75 Å². The Morgan fingerprint density at radius 3 is 2.67 bits per heavy atom. The summed E-state index contributed by atoms with van der Waals surface area (Å²) < 4.78 is 23.7. The second-order valence-corrected chi connectivity index (χ2v) is 4.83. The lowest BCUT2D eigenvalue weighted by Gasteiger charge is -2.16. The fourth-order valence-corrected chi connectivity index (χ4v) is 2.12. The normalized spacial score (nSPS) is 14.2. The second-order valence-electron chi connectivity index (χ2n) is 4.04. The average molecular weight is 318 g/mol. The maximum absolute atomic E-state index is 13.7. The van der Waals surface area contributed by atoms with E-state index in [4.69, 9.17) is 4.74 Å².